The maximum absolute atomic E-state index is 10.6. The zero-order valence-corrected chi connectivity index (χ0v) is 11.7. The summed E-state index contributed by atoms with van der Waals surface area (Å²) in [6, 6.07) is 0. The number of rotatable bonds is 5. The molecule has 96 valence electrons. The minimum absolute atomic E-state index is 0.0259. The van der Waals surface area contributed by atoms with Gasteiger partial charge in [-0.25, -0.2) is 9.97 Å². The van der Waals surface area contributed by atoms with Crippen LogP contribution in [0.5, 0.6) is 0 Å². The first kappa shape index (κ1) is 13.1. The average molecular weight is 283 g/mol. The van der Waals surface area contributed by atoms with Crippen LogP contribution < -0.4 is 0 Å². The van der Waals surface area contributed by atoms with E-state index >= 15 is 0 Å². The maximum atomic E-state index is 10.6. The van der Waals surface area contributed by atoms with E-state index in [1.165, 1.54) is 16.6 Å². The summed E-state index contributed by atoms with van der Waals surface area (Å²) in [6.07, 6.45) is 1.76. The lowest BCUT2D eigenvalue weighted by atomic mass is 10.4. The van der Waals surface area contributed by atoms with E-state index in [2.05, 4.69) is 9.97 Å². The summed E-state index contributed by atoms with van der Waals surface area (Å²) in [5, 5.41) is 9.45. The van der Waals surface area contributed by atoms with Crippen molar-refractivity contribution in [3.8, 4) is 0 Å². The monoisotopic (exact) mass is 283 g/mol. The number of aromatic nitrogens is 3. The third kappa shape index (κ3) is 2.91. The van der Waals surface area contributed by atoms with E-state index in [1.54, 1.807) is 17.5 Å². The van der Waals surface area contributed by atoms with E-state index in [9.17, 15) is 4.79 Å². The molecule has 0 aliphatic rings. The predicted molar refractivity (Wildman–Crippen MR) is 71.3 cm³/mol. The van der Waals surface area contributed by atoms with Crippen molar-refractivity contribution < 1.29 is 9.90 Å². The summed E-state index contributed by atoms with van der Waals surface area (Å²) in [5.74, 6) is -0.806. The molecule has 2 aromatic heterocycles. The summed E-state index contributed by atoms with van der Waals surface area (Å²) in [7, 11) is 0. The van der Waals surface area contributed by atoms with Crippen molar-refractivity contribution in [1.82, 2.24) is 14.5 Å². The fraction of sp³-hybridized carbons (Fsp3) is 0.364. The maximum Gasteiger partial charge on any atom is 0.313 e. The van der Waals surface area contributed by atoms with Crippen LogP contribution >= 0.6 is 23.1 Å². The van der Waals surface area contributed by atoms with Gasteiger partial charge in [-0.05, 0) is 13.8 Å². The molecule has 0 saturated carbocycles. The Morgan fingerprint density at radius 2 is 2.28 bits per heavy atom. The number of thioether (sulfide) groups is 1. The van der Waals surface area contributed by atoms with Crippen LogP contribution in [0.4, 0.5) is 0 Å². The van der Waals surface area contributed by atoms with Crippen LogP contribution in [0.15, 0.2) is 16.9 Å². The molecule has 1 N–H and O–H groups in total. The van der Waals surface area contributed by atoms with Crippen molar-refractivity contribution in [2.24, 2.45) is 0 Å². The van der Waals surface area contributed by atoms with Crippen LogP contribution in [-0.2, 0) is 11.3 Å². The van der Waals surface area contributed by atoms with Crippen LogP contribution in [0.25, 0.3) is 0 Å². The number of imidazole rings is 1. The summed E-state index contributed by atoms with van der Waals surface area (Å²) < 4.78 is 2.02. The number of hydrogen-bond acceptors (Lipinski definition) is 5. The largest absolute Gasteiger partial charge is 0.481 e. The van der Waals surface area contributed by atoms with Gasteiger partial charge in [0.2, 0.25) is 0 Å². The number of carboxylic acid groups (broad SMARTS) is 1. The second kappa shape index (κ2) is 5.53. The van der Waals surface area contributed by atoms with Crippen molar-refractivity contribution in [2.75, 3.05) is 5.75 Å². The molecule has 2 aromatic rings. The Balaban J connectivity index is 2.19. The zero-order chi connectivity index (χ0) is 13.1. The highest BCUT2D eigenvalue weighted by Crippen LogP contribution is 2.22. The number of carboxylic acids is 1. The number of hydrogen-bond donors (Lipinski definition) is 1. The zero-order valence-electron chi connectivity index (χ0n) is 10.1. The van der Waals surface area contributed by atoms with Crippen molar-refractivity contribution in [3.63, 3.8) is 0 Å². The predicted octanol–water partition coefficient (Wildman–Crippen LogP) is 2.18. The van der Waals surface area contributed by atoms with Crippen molar-refractivity contribution >= 4 is 29.1 Å². The molecule has 0 radical (unpaired) electrons. The summed E-state index contributed by atoms with van der Waals surface area (Å²) in [6.45, 7) is 4.64. The van der Waals surface area contributed by atoms with Crippen molar-refractivity contribution in [1.29, 1.82) is 0 Å². The Bertz CT molecular complexity index is 562. The summed E-state index contributed by atoms with van der Waals surface area (Å²) in [4.78, 5) is 20.2. The Labute approximate surface area is 113 Å². The molecule has 5 nitrogen and oxygen atoms in total. The molecule has 0 fully saturated rings. The third-order valence-corrected chi connectivity index (χ3v) is 4.38. The fourth-order valence-electron chi connectivity index (χ4n) is 1.49. The molecule has 0 spiro atoms. The molecule has 18 heavy (non-hydrogen) atoms. The van der Waals surface area contributed by atoms with Crippen LogP contribution in [0.2, 0.25) is 0 Å². The Morgan fingerprint density at radius 1 is 1.50 bits per heavy atom. The van der Waals surface area contributed by atoms with Crippen molar-refractivity contribution in [3.05, 3.63) is 28.0 Å². The number of aryl methyl sites for hydroxylation is 2. The quantitative estimate of drug-likeness (QED) is 0.852. The fourth-order valence-corrected chi connectivity index (χ4v) is 3.00. The standard InChI is InChI=1S/C11H13N3O2S2/c1-7-3-12-11(17-5-10(15)16)14(7)4-9-8(2)13-6-18-9/h3,6H,4-5H2,1-2H3,(H,15,16). The van der Waals surface area contributed by atoms with Gasteiger partial charge < -0.3 is 9.67 Å². The smallest absolute Gasteiger partial charge is 0.313 e. The Kier molecular flexibility index (Phi) is 4.03. The SMILES string of the molecule is Cc1ncsc1Cn1c(C)cnc1SCC(=O)O. The molecule has 0 bridgehead atoms. The number of carbonyl (C=O) groups is 1. The Hall–Kier alpha value is -1.34. The molecule has 0 aromatic carbocycles. The Morgan fingerprint density at radius 3 is 2.89 bits per heavy atom. The minimum Gasteiger partial charge on any atom is -0.481 e. The first-order valence-electron chi connectivity index (χ1n) is 5.33. The normalized spacial score (nSPS) is 10.8. The third-order valence-electron chi connectivity index (χ3n) is 2.49. The molecular formula is C11H13N3O2S2. The van der Waals surface area contributed by atoms with Gasteiger partial charge in [0, 0.05) is 16.8 Å². The van der Waals surface area contributed by atoms with E-state index in [-0.39, 0.29) is 5.75 Å². The van der Waals surface area contributed by atoms with Gasteiger partial charge in [0.05, 0.1) is 23.5 Å². The first-order valence-corrected chi connectivity index (χ1v) is 7.20. The highest BCUT2D eigenvalue weighted by molar-refractivity contribution is 7.99. The lowest BCUT2D eigenvalue weighted by Crippen LogP contribution is -2.05. The molecule has 0 unspecified atom stereocenters. The van der Waals surface area contributed by atoms with E-state index < -0.39 is 5.97 Å². The van der Waals surface area contributed by atoms with Gasteiger partial charge in [-0.15, -0.1) is 11.3 Å². The number of nitrogens with zero attached hydrogens (tertiary/aromatic N) is 3. The molecule has 0 amide bonds. The second-order valence-corrected chi connectivity index (χ2v) is 5.69. The van der Waals surface area contributed by atoms with E-state index in [0.717, 1.165) is 16.5 Å². The number of aliphatic carboxylic acids is 1. The summed E-state index contributed by atoms with van der Waals surface area (Å²) in [5.41, 5.74) is 3.86. The number of thiazole rings is 1. The van der Waals surface area contributed by atoms with E-state index in [1.807, 2.05) is 23.9 Å². The molecule has 2 heterocycles. The highest BCUT2D eigenvalue weighted by atomic mass is 32.2. The van der Waals surface area contributed by atoms with Gasteiger partial charge in [0.25, 0.3) is 0 Å². The lowest BCUT2D eigenvalue weighted by Gasteiger charge is -2.08. The molecule has 2 rings (SSSR count). The van der Waals surface area contributed by atoms with Gasteiger partial charge in [0.1, 0.15) is 0 Å². The van der Waals surface area contributed by atoms with Crippen LogP contribution in [0, 0.1) is 13.8 Å². The minimum atomic E-state index is -0.832. The molecule has 0 atom stereocenters. The van der Waals surface area contributed by atoms with Crippen molar-refractivity contribution in [2.45, 2.75) is 25.5 Å². The van der Waals surface area contributed by atoms with Gasteiger partial charge in [-0.2, -0.15) is 0 Å². The summed E-state index contributed by atoms with van der Waals surface area (Å²) >= 11 is 2.84. The molecule has 0 aliphatic carbocycles. The topological polar surface area (TPSA) is 68.0 Å². The first-order chi connectivity index (χ1) is 8.58. The molecular weight excluding hydrogens is 270 g/mol. The van der Waals surface area contributed by atoms with Gasteiger partial charge in [-0.1, -0.05) is 11.8 Å². The second-order valence-electron chi connectivity index (χ2n) is 3.81. The van der Waals surface area contributed by atoms with Crippen LogP contribution in [-0.4, -0.2) is 31.4 Å². The molecule has 0 aliphatic heterocycles. The van der Waals surface area contributed by atoms with Gasteiger partial charge >= 0.3 is 5.97 Å². The molecule has 7 heteroatoms. The van der Waals surface area contributed by atoms with Crippen LogP contribution in [0.3, 0.4) is 0 Å². The van der Waals surface area contributed by atoms with E-state index in [0.29, 0.717) is 6.54 Å². The highest BCUT2D eigenvalue weighted by Gasteiger charge is 2.12. The van der Waals surface area contributed by atoms with Gasteiger partial charge in [-0.3, -0.25) is 4.79 Å². The lowest BCUT2D eigenvalue weighted by molar-refractivity contribution is -0.133. The van der Waals surface area contributed by atoms with Crippen LogP contribution in [0.1, 0.15) is 16.3 Å². The molecule has 0 saturated heterocycles. The average Bonchev–Trinajstić information content (AvgIpc) is 2.86. The van der Waals surface area contributed by atoms with Gasteiger partial charge in [0.15, 0.2) is 5.16 Å². The van der Waals surface area contributed by atoms with E-state index in [4.69, 9.17) is 5.11 Å².